The summed E-state index contributed by atoms with van der Waals surface area (Å²) in [5.74, 6) is 0. The van der Waals surface area contributed by atoms with Gasteiger partial charge in [0.15, 0.2) is 6.29 Å². The molecule has 2 aromatic heterocycles. The average Bonchev–Trinajstić information content (AvgIpc) is 2.66. The van der Waals surface area contributed by atoms with Gasteiger partial charge in [0, 0.05) is 6.20 Å². The van der Waals surface area contributed by atoms with Gasteiger partial charge in [-0.2, -0.15) is 5.10 Å². The van der Waals surface area contributed by atoms with E-state index < -0.39 is 0 Å². The summed E-state index contributed by atoms with van der Waals surface area (Å²) in [5.41, 5.74) is 1.43. The maximum atomic E-state index is 10.6. The van der Waals surface area contributed by atoms with Gasteiger partial charge in [0.05, 0.1) is 22.5 Å². The van der Waals surface area contributed by atoms with Crippen molar-refractivity contribution in [2.75, 3.05) is 0 Å². The molecule has 14 heavy (non-hydrogen) atoms. The van der Waals surface area contributed by atoms with Crippen molar-refractivity contribution in [2.45, 2.75) is 0 Å². The summed E-state index contributed by atoms with van der Waals surface area (Å²) in [6.45, 7) is 0. The van der Waals surface area contributed by atoms with E-state index in [4.69, 9.17) is 11.6 Å². The number of nitrogens with zero attached hydrogens (tertiary/aromatic N) is 3. The molecule has 6 heteroatoms. The molecule has 0 aliphatic heterocycles. The lowest BCUT2D eigenvalue weighted by molar-refractivity contribution is 0.111. The van der Waals surface area contributed by atoms with Crippen LogP contribution in [0.3, 0.4) is 0 Å². The molecule has 0 bridgehead atoms. The number of halogens is 1. The van der Waals surface area contributed by atoms with E-state index in [1.807, 2.05) is 0 Å². The summed E-state index contributed by atoms with van der Waals surface area (Å²) >= 11 is 5.86. The molecule has 0 saturated carbocycles. The molecule has 0 unspecified atom stereocenters. The second-order valence-corrected chi connectivity index (χ2v) is 2.94. The molecule has 0 atom stereocenters. The molecular weight excluding hydrogens is 204 g/mol. The van der Waals surface area contributed by atoms with Crippen LogP contribution in [0, 0.1) is 0 Å². The minimum Gasteiger partial charge on any atom is -0.296 e. The highest BCUT2D eigenvalue weighted by Crippen LogP contribution is 2.25. The molecule has 0 amide bonds. The van der Waals surface area contributed by atoms with Crippen molar-refractivity contribution in [1.82, 2.24) is 20.2 Å². The van der Waals surface area contributed by atoms with Crippen LogP contribution in [0.4, 0.5) is 0 Å². The Hall–Kier alpha value is -1.75. The Morgan fingerprint density at radius 2 is 2.29 bits per heavy atom. The Balaban J connectivity index is 2.60. The zero-order valence-electron chi connectivity index (χ0n) is 6.94. The predicted octanol–water partition coefficient (Wildman–Crippen LogP) is 1.33. The molecule has 2 aromatic rings. The predicted molar refractivity (Wildman–Crippen MR) is 50.0 cm³/mol. The summed E-state index contributed by atoms with van der Waals surface area (Å²) in [4.78, 5) is 18.3. The van der Waals surface area contributed by atoms with Crippen LogP contribution in [0.25, 0.3) is 11.3 Å². The lowest BCUT2D eigenvalue weighted by Crippen LogP contribution is -1.89. The van der Waals surface area contributed by atoms with Crippen molar-refractivity contribution in [3.63, 3.8) is 0 Å². The molecule has 1 N–H and O–H groups in total. The van der Waals surface area contributed by atoms with E-state index in [0.29, 0.717) is 28.3 Å². The van der Waals surface area contributed by atoms with Gasteiger partial charge in [-0.1, -0.05) is 11.6 Å². The van der Waals surface area contributed by atoms with Gasteiger partial charge in [0.25, 0.3) is 0 Å². The highest BCUT2D eigenvalue weighted by atomic mass is 35.5. The Labute approximate surface area is 84.2 Å². The van der Waals surface area contributed by atoms with Crippen molar-refractivity contribution in [3.05, 3.63) is 29.4 Å². The highest BCUT2D eigenvalue weighted by Gasteiger charge is 2.11. The van der Waals surface area contributed by atoms with Gasteiger partial charge in [-0.05, 0) is 0 Å². The largest absolute Gasteiger partial charge is 0.296 e. The Morgan fingerprint density at radius 1 is 1.43 bits per heavy atom. The van der Waals surface area contributed by atoms with Gasteiger partial charge >= 0.3 is 0 Å². The van der Waals surface area contributed by atoms with Crippen LogP contribution in [0.15, 0.2) is 18.7 Å². The van der Waals surface area contributed by atoms with Crippen LogP contribution < -0.4 is 0 Å². The van der Waals surface area contributed by atoms with Crippen molar-refractivity contribution < 1.29 is 4.79 Å². The maximum Gasteiger partial charge on any atom is 0.168 e. The molecule has 0 spiro atoms. The zero-order chi connectivity index (χ0) is 9.97. The van der Waals surface area contributed by atoms with E-state index in [-0.39, 0.29) is 0 Å². The molecule has 0 aromatic carbocycles. The van der Waals surface area contributed by atoms with Crippen LogP contribution in [-0.2, 0) is 0 Å². The molecule has 0 radical (unpaired) electrons. The third kappa shape index (κ3) is 1.38. The summed E-state index contributed by atoms with van der Waals surface area (Å²) in [5, 5.41) is 6.67. The molecular formula is C8H5ClN4O. The van der Waals surface area contributed by atoms with Gasteiger partial charge < -0.3 is 0 Å². The molecule has 2 heterocycles. The van der Waals surface area contributed by atoms with E-state index in [9.17, 15) is 4.79 Å². The van der Waals surface area contributed by atoms with Crippen LogP contribution in [-0.4, -0.2) is 26.5 Å². The molecule has 0 aliphatic rings. The molecule has 70 valence electrons. The number of aromatic nitrogens is 4. The minimum atomic E-state index is 0.352. The Morgan fingerprint density at radius 3 is 3.00 bits per heavy atom. The first-order valence-corrected chi connectivity index (χ1v) is 4.15. The lowest BCUT2D eigenvalue weighted by Gasteiger charge is -1.98. The van der Waals surface area contributed by atoms with Gasteiger partial charge in [-0.3, -0.25) is 9.89 Å². The number of aldehydes is 1. The number of rotatable bonds is 2. The maximum absolute atomic E-state index is 10.6. The van der Waals surface area contributed by atoms with E-state index in [1.165, 1.54) is 18.7 Å². The third-order valence-electron chi connectivity index (χ3n) is 1.71. The second-order valence-electron chi connectivity index (χ2n) is 2.53. The smallest absolute Gasteiger partial charge is 0.168 e. The summed E-state index contributed by atoms with van der Waals surface area (Å²) in [6.07, 6.45) is 4.99. The van der Waals surface area contributed by atoms with E-state index in [2.05, 4.69) is 20.2 Å². The molecule has 0 saturated heterocycles. The fourth-order valence-corrected chi connectivity index (χ4v) is 1.29. The first-order chi connectivity index (χ1) is 6.83. The van der Waals surface area contributed by atoms with E-state index in [1.54, 1.807) is 0 Å². The highest BCUT2D eigenvalue weighted by molar-refractivity contribution is 6.33. The van der Waals surface area contributed by atoms with E-state index >= 15 is 0 Å². The fourth-order valence-electron chi connectivity index (χ4n) is 1.09. The number of carbonyl (C=O) groups excluding carboxylic acids is 1. The SMILES string of the molecule is O=Cc1[nH]ncc1-c1ncncc1Cl. The monoisotopic (exact) mass is 208 g/mol. The number of nitrogens with one attached hydrogen (secondary N) is 1. The first-order valence-electron chi connectivity index (χ1n) is 3.77. The zero-order valence-corrected chi connectivity index (χ0v) is 7.69. The third-order valence-corrected chi connectivity index (χ3v) is 1.99. The van der Waals surface area contributed by atoms with Gasteiger partial charge in [0.2, 0.25) is 0 Å². The topological polar surface area (TPSA) is 71.5 Å². The van der Waals surface area contributed by atoms with Crippen LogP contribution in [0.1, 0.15) is 10.5 Å². The summed E-state index contributed by atoms with van der Waals surface area (Å²) in [6, 6.07) is 0. The van der Waals surface area contributed by atoms with Crippen LogP contribution in [0.2, 0.25) is 5.02 Å². The Bertz CT molecular complexity index is 468. The summed E-state index contributed by atoms with van der Waals surface area (Å²) in [7, 11) is 0. The average molecular weight is 209 g/mol. The normalized spacial score (nSPS) is 10.1. The van der Waals surface area contributed by atoms with Crippen molar-refractivity contribution in [3.8, 4) is 11.3 Å². The lowest BCUT2D eigenvalue weighted by atomic mass is 10.2. The van der Waals surface area contributed by atoms with Gasteiger partial charge in [0.1, 0.15) is 12.0 Å². The van der Waals surface area contributed by atoms with Crippen LogP contribution in [0.5, 0.6) is 0 Å². The number of aromatic amines is 1. The van der Waals surface area contributed by atoms with Gasteiger partial charge in [-0.25, -0.2) is 9.97 Å². The molecule has 2 rings (SSSR count). The molecule has 0 aliphatic carbocycles. The van der Waals surface area contributed by atoms with Crippen molar-refractivity contribution >= 4 is 17.9 Å². The number of carbonyl (C=O) groups is 1. The number of H-pyrrole nitrogens is 1. The van der Waals surface area contributed by atoms with Crippen LogP contribution >= 0.6 is 11.6 Å². The standard InChI is InChI=1S/C8H5ClN4O/c9-6-2-10-4-11-8(6)5-1-12-13-7(5)3-14/h1-4H,(H,12,13). The number of hydrogen-bond acceptors (Lipinski definition) is 4. The van der Waals surface area contributed by atoms with E-state index in [0.717, 1.165) is 0 Å². The Kier molecular flexibility index (Phi) is 2.24. The van der Waals surface area contributed by atoms with Gasteiger partial charge in [-0.15, -0.1) is 0 Å². The van der Waals surface area contributed by atoms with Crippen molar-refractivity contribution in [2.24, 2.45) is 0 Å². The minimum absolute atomic E-state index is 0.352. The number of hydrogen-bond donors (Lipinski definition) is 1. The van der Waals surface area contributed by atoms with Crippen molar-refractivity contribution in [1.29, 1.82) is 0 Å². The molecule has 0 fully saturated rings. The first kappa shape index (κ1) is 8.83. The quantitative estimate of drug-likeness (QED) is 0.756. The second kappa shape index (κ2) is 3.55. The fraction of sp³-hybridized carbons (Fsp3) is 0. The molecule has 5 nitrogen and oxygen atoms in total. The summed E-state index contributed by atoms with van der Waals surface area (Å²) < 4.78 is 0.